The highest BCUT2D eigenvalue weighted by Gasteiger charge is 2.23. The van der Waals surface area contributed by atoms with E-state index in [1.165, 1.54) is 0 Å². The lowest BCUT2D eigenvalue weighted by atomic mass is 10.1. The predicted octanol–water partition coefficient (Wildman–Crippen LogP) is 2.05. The largest absolute Gasteiger partial charge is 0.506 e. The number of aliphatic hydroxyl groups is 1. The molecule has 0 saturated heterocycles. The third kappa shape index (κ3) is 3.98. The first-order valence-corrected chi connectivity index (χ1v) is 9.48. The minimum atomic E-state index is -0.241. The van der Waals surface area contributed by atoms with Crippen LogP contribution in [-0.4, -0.2) is 42.3 Å². The zero-order chi connectivity index (χ0) is 20.4. The molecule has 3 aromatic rings. The number of hydrogen-bond acceptors (Lipinski definition) is 6. The van der Waals surface area contributed by atoms with E-state index in [-0.39, 0.29) is 18.3 Å². The maximum absolute atomic E-state index is 12.5. The molecule has 0 radical (unpaired) electrons. The van der Waals surface area contributed by atoms with E-state index in [2.05, 4.69) is 20.3 Å². The molecule has 150 valence electrons. The molecule has 2 aromatic heterocycles. The lowest BCUT2D eigenvalue weighted by Crippen LogP contribution is -2.33. The van der Waals surface area contributed by atoms with Crippen LogP contribution in [0.3, 0.4) is 0 Å². The summed E-state index contributed by atoms with van der Waals surface area (Å²) in [5.74, 6) is -0.117. The Balaban J connectivity index is 1.49. The minimum Gasteiger partial charge on any atom is -0.506 e. The van der Waals surface area contributed by atoms with Crippen molar-refractivity contribution in [3.8, 4) is 5.75 Å². The highest BCUT2D eigenvalue weighted by molar-refractivity contribution is 6.02. The molecule has 0 fully saturated rings. The van der Waals surface area contributed by atoms with Gasteiger partial charge in [-0.2, -0.15) is 5.10 Å². The molecule has 0 spiro atoms. The fraction of sp³-hybridized carbons (Fsp3) is 0.286. The third-order valence-corrected chi connectivity index (χ3v) is 5.12. The average Bonchev–Trinajstić information content (AvgIpc) is 3.16. The number of aromatic nitrogens is 3. The van der Waals surface area contributed by atoms with E-state index in [4.69, 9.17) is 0 Å². The molecule has 29 heavy (non-hydrogen) atoms. The molecule has 0 atom stereocenters. The van der Waals surface area contributed by atoms with Crippen LogP contribution in [0.25, 0.3) is 0 Å². The Labute approximate surface area is 168 Å². The van der Waals surface area contributed by atoms with Crippen LogP contribution in [0.15, 0.2) is 42.6 Å². The second kappa shape index (κ2) is 8.02. The van der Waals surface area contributed by atoms with Crippen LogP contribution in [0.1, 0.15) is 33.0 Å². The summed E-state index contributed by atoms with van der Waals surface area (Å²) in [6.07, 6.45) is 1.60. The molecule has 1 amide bonds. The number of hydrogen-bond donors (Lipinski definition) is 3. The summed E-state index contributed by atoms with van der Waals surface area (Å²) in [7, 11) is 0. The number of amides is 1. The molecule has 0 bridgehead atoms. The fourth-order valence-corrected chi connectivity index (χ4v) is 3.50. The number of aliphatic hydroxyl groups excluding tert-OH is 1. The first-order valence-electron chi connectivity index (χ1n) is 9.48. The van der Waals surface area contributed by atoms with Gasteiger partial charge in [0.05, 0.1) is 24.5 Å². The number of benzene rings is 1. The van der Waals surface area contributed by atoms with Crippen molar-refractivity contribution in [2.75, 3.05) is 11.9 Å². The van der Waals surface area contributed by atoms with Crippen molar-refractivity contribution >= 4 is 11.6 Å². The number of nitrogens with one attached hydrogen (secondary N) is 1. The van der Waals surface area contributed by atoms with Gasteiger partial charge in [-0.15, -0.1) is 0 Å². The lowest BCUT2D eigenvalue weighted by molar-refractivity contribution is 0.102. The first kappa shape index (κ1) is 19.1. The van der Waals surface area contributed by atoms with E-state index >= 15 is 0 Å². The summed E-state index contributed by atoms with van der Waals surface area (Å²) in [6.45, 7) is 4.01. The normalized spacial score (nSPS) is 13.9. The molecule has 0 saturated carbocycles. The SMILES string of the molecule is Cc1ncc(CO)c(CN2CCn3nc(C(=O)Nc4ccccc4)cc3C2)c1O. The molecule has 0 aliphatic carbocycles. The van der Waals surface area contributed by atoms with Crippen molar-refractivity contribution in [3.63, 3.8) is 0 Å². The summed E-state index contributed by atoms with van der Waals surface area (Å²) in [5, 5.41) is 27.2. The maximum atomic E-state index is 12.5. The van der Waals surface area contributed by atoms with Gasteiger partial charge < -0.3 is 15.5 Å². The zero-order valence-electron chi connectivity index (χ0n) is 16.2. The zero-order valence-corrected chi connectivity index (χ0v) is 16.2. The first-order chi connectivity index (χ1) is 14.0. The average molecular weight is 393 g/mol. The van der Waals surface area contributed by atoms with Crippen molar-refractivity contribution in [3.05, 3.63) is 70.8 Å². The summed E-state index contributed by atoms with van der Waals surface area (Å²) < 4.78 is 1.85. The molecule has 3 heterocycles. The number of carbonyl (C=O) groups excluding carboxylic acids is 1. The van der Waals surface area contributed by atoms with Gasteiger partial charge >= 0.3 is 0 Å². The van der Waals surface area contributed by atoms with Gasteiger partial charge in [-0.3, -0.25) is 19.4 Å². The van der Waals surface area contributed by atoms with Gasteiger partial charge in [-0.1, -0.05) is 18.2 Å². The molecule has 8 nitrogen and oxygen atoms in total. The Hall–Kier alpha value is -3.23. The highest BCUT2D eigenvalue weighted by atomic mass is 16.3. The van der Waals surface area contributed by atoms with Crippen molar-refractivity contribution < 1.29 is 15.0 Å². The standard InChI is InChI=1S/C21H23N5O3/c1-14-20(28)18(15(13-27)10-22-14)12-25-7-8-26-17(11-25)9-19(24-26)21(29)23-16-5-3-2-4-6-16/h2-6,9-10,27-28H,7-8,11-13H2,1H3,(H,23,29). The third-order valence-electron chi connectivity index (χ3n) is 5.12. The van der Waals surface area contributed by atoms with Gasteiger partial charge in [-0.25, -0.2) is 0 Å². The second-order valence-corrected chi connectivity index (χ2v) is 7.13. The molecule has 4 rings (SSSR count). The summed E-state index contributed by atoms with van der Waals surface area (Å²) >= 11 is 0. The van der Waals surface area contributed by atoms with Crippen LogP contribution in [0, 0.1) is 6.92 Å². The Morgan fingerprint density at radius 3 is 2.79 bits per heavy atom. The predicted molar refractivity (Wildman–Crippen MR) is 107 cm³/mol. The number of rotatable bonds is 5. The van der Waals surface area contributed by atoms with E-state index < -0.39 is 0 Å². The molecule has 1 aromatic carbocycles. The number of aryl methyl sites for hydroxylation is 1. The summed E-state index contributed by atoms with van der Waals surface area (Å²) in [6, 6.07) is 11.1. The van der Waals surface area contributed by atoms with Crippen molar-refractivity contribution in [1.82, 2.24) is 19.7 Å². The van der Waals surface area contributed by atoms with E-state index in [0.29, 0.717) is 42.1 Å². The lowest BCUT2D eigenvalue weighted by Gasteiger charge is -2.28. The number of aromatic hydroxyl groups is 1. The Kier molecular flexibility index (Phi) is 5.28. The number of carbonyl (C=O) groups is 1. The molecular weight excluding hydrogens is 370 g/mol. The van der Waals surface area contributed by atoms with Crippen molar-refractivity contribution in [1.29, 1.82) is 0 Å². The molecule has 1 aliphatic heterocycles. The van der Waals surface area contributed by atoms with Gasteiger partial charge in [0.2, 0.25) is 0 Å². The van der Waals surface area contributed by atoms with Crippen LogP contribution >= 0.6 is 0 Å². The van der Waals surface area contributed by atoms with Crippen LogP contribution in [-0.2, 0) is 26.2 Å². The molecular formula is C21H23N5O3. The monoisotopic (exact) mass is 393 g/mol. The van der Waals surface area contributed by atoms with Gasteiger partial charge in [0, 0.05) is 42.6 Å². The van der Waals surface area contributed by atoms with E-state index in [0.717, 1.165) is 17.9 Å². The van der Waals surface area contributed by atoms with E-state index in [1.807, 2.05) is 35.0 Å². The number of anilines is 1. The number of pyridine rings is 1. The molecule has 0 unspecified atom stereocenters. The number of nitrogens with zero attached hydrogens (tertiary/aromatic N) is 4. The fourth-order valence-electron chi connectivity index (χ4n) is 3.50. The highest BCUT2D eigenvalue weighted by Crippen LogP contribution is 2.27. The Bertz CT molecular complexity index is 1030. The van der Waals surface area contributed by atoms with Gasteiger partial charge in [-0.05, 0) is 25.1 Å². The van der Waals surface area contributed by atoms with Gasteiger partial charge in [0.15, 0.2) is 5.69 Å². The van der Waals surface area contributed by atoms with Gasteiger partial charge in [0.1, 0.15) is 5.75 Å². The van der Waals surface area contributed by atoms with Crippen LogP contribution < -0.4 is 5.32 Å². The van der Waals surface area contributed by atoms with Crippen LogP contribution in [0.2, 0.25) is 0 Å². The smallest absolute Gasteiger partial charge is 0.276 e. The second-order valence-electron chi connectivity index (χ2n) is 7.13. The maximum Gasteiger partial charge on any atom is 0.276 e. The molecule has 8 heteroatoms. The van der Waals surface area contributed by atoms with E-state index in [9.17, 15) is 15.0 Å². The van der Waals surface area contributed by atoms with E-state index in [1.54, 1.807) is 19.2 Å². The van der Waals surface area contributed by atoms with Crippen LogP contribution in [0.4, 0.5) is 5.69 Å². The Morgan fingerprint density at radius 1 is 1.24 bits per heavy atom. The number of para-hydroxylation sites is 1. The summed E-state index contributed by atoms with van der Waals surface area (Å²) in [5.41, 5.74) is 3.89. The number of fused-ring (bicyclic) bond motifs is 1. The topological polar surface area (TPSA) is 104 Å². The van der Waals surface area contributed by atoms with Crippen molar-refractivity contribution in [2.24, 2.45) is 0 Å². The quantitative estimate of drug-likeness (QED) is 0.613. The minimum absolute atomic E-state index is 0.124. The Morgan fingerprint density at radius 2 is 2.03 bits per heavy atom. The molecule has 1 aliphatic rings. The van der Waals surface area contributed by atoms with Gasteiger partial charge in [0.25, 0.3) is 5.91 Å². The van der Waals surface area contributed by atoms with Crippen LogP contribution in [0.5, 0.6) is 5.75 Å². The summed E-state index contributed by atoms with van der Waals surface area (Å²) in [4.78, 5) is 18.8. The van der Waals surface area contributed by atoms with Crippen molar-refractivity contribution in [2.45, 2.75) is 33.2 Å². The molecule has 3 N–H and O–H groups in total.